The Bertz CT molecular complexity index is 596. The van der Waals surface area contributed by atoms with Gasteiger partial charge in [-0.05, 0) is 38.8 Å². The van der Waals surface area contributed by atoms with Gasteiger partial charge in [0.15, 0.2) is 0 Å². The number of amides is 2. The number of hydrogen-bond donors (Lipinski definition) is 2. The normalized spacial score (nSPS) is 23.4. The Labute approximate surface area is 155 Å². The van der Waals surface area contributed by atoms with E-state index in [9.17, 15) is 4.79 Å². The second-order valence-electron chi connectivity index (χ2n) is 6.98. The highest BCUT2D eigenvalue weighted by Gasteiger charge is 2.24. The maximum atomic E-state index is 12.2. The maximum Gasteiger partial charge on any atom is 0.315 e. The van der Waals surface area contributed by atoms with E-state index in [0.717, 1.165) is 24.9 Å². The summed E-state index contributed by atoms with van der Waals surface area (Å²) >= 11 is 6.17. The number of urea groups is 1. The molecule has 2 unspecified atom stereocenters. The Kier molecular flexibility index (Phi) is 6.43. The Morgan fingerprint density at radius 1 is 1.36 bits per heavy atom. The molecule has 0 bridgehead atoms. The molecule has 5 nitrogen and oxygen atoms in total. The van der Waals surface area contributed by atoms with Crippen LogP contribution in [0, 0.1) is 0 Å². The fraction of sp³-hybridized carbons (Fsp3) is 0.632. The predicted octanol–water partition coefficient (Wildman–Crippen LogP) is 3.73. The molecule has 1 saturated heterocycles. The van der Waals surface area contributed by atoms with Crippen molar-refractivity contribution in [3.05, 3.63) is 28.8 Å². The van der Waals surface area contributed by atoms with E-state index in [-0.39, 0.29) is 12.1 Å². The lowest BCUT2D eigenvalue weighted by Gasteiger charge is -2.33. The molecule has 138 valence electrons. The number of carbonyl (C=O) groups is 1. The van der Waals surface area contributed by atoms with Gasteiger partial charge in [-0.15, -0.1) is 0 Å². The molecule has 2 heterocycles. The van der Waals surface area contributed by atoms with Crippen LogP contribution in [0.2, 0.25) is 5.02 Å². The number of halogens is 1. The summed E-state index contributed by atoms with van der Waals surface area (Å²) in [5.74, 6) is 0.694. The van der Waals surface area contributed by atoms with Crippen LogP contribution < -0.4 is 15.4 Å². The highest BCUT2D eigenvalue weighted by Crippen LogP contribution is 2.37. The van der Waals surface area contributed by atoms with E-state index in [2.05, 4.69) is 22.5 Å². The summed E-state index contributed by atoms with van der Waals surface area (Å²) in [5, 5.41) is 6.62. The van der Waals surface area contributed by atoms with Crippen LogP contribution in [0.15, 0.2) is 18.2 Å². The van der Waals surface area contributed by atoms with Gasteiger partial charge in [0.05, 0.1) is 17.7 Å². The van der Waals surface area contributed by atoms with Crippen LogP contribution in [-0.2, 0) is 0 Å². The van der Waals surface area contributed by atoms with Gasteiger partial charge in [0.25, 0.3) is 0 Å². The molecule has 2 aliphatic rings. The summed E-state index contributed by atoms with van der Waals surface area (Å²) in [6, 6.07) is 6.16. The van der Waals surface area contributed by atoms with Crippen molar-refractivity contribution in [1.29, 1.82) is 0 Å². The first-order valence-corrected chi connectivity index (χ1v) is 9.72. The first-order chi connectivity index (χ1) is 12.1. The van der Waals surface area contributed by atoms with Gasteiger partial charge in [-0.25, -0.2) is 4.79 Å². The molecule has 2 amide bonds. The van der Waals surface area contributed by atoms with Crippen molar-refractivity contribution in [2.75, 3.05) is 26.2 Å². The first kappa shape index (κ1) is 18.3. The van der Waals surface area contributed by atoms with E-state index in [0.29, 0.717) is 30.0 Å². The lowest BCUT2D eigenvalue weighted by atomic mass is 10.0. The van der Waals surface area contributed by atoms with Gasteiger partial charge >= 0.3 is 6.03 Å². The molecular formula is C19H28ClN3O2. The third-order valence-corrected chi connectivity index (χ3v) is 5.48. The van der Waals surface area contributed by atoms with E-state index in [1.807, 2.05) is 18.2 Å². The van der Waals surface area contributed by atoms with E-state index in [1.165, 1.54) is 25.8 Å². The zero-order chi connectivity index (χ0) is 17.6. The second kappa shape index (κ2) is 8.77. The smallest absolute Gasteiger partial charge is 0.315 e. The molecule has 2 atom stereocenters. The van der Waals surface area contributed by atoms with E-state index >= 15 is 0 Å². The molecule has 0 aromatic heterocycles. The van der Waals surface area contributed by atoms with Crippen molar-refractivity contribution in [2.45, 2.75) is 51.1 Å². The monoisotopic (exact) mass is 365 g/mol. The van der Waals surface area contributed by atoms with Crippen LogP contribution in [0.25, 0.3) is 0 Å². The Hall–Kier alpha value is -1.46. The molecule has 0 aliphatic carbocycles. The molecule has 3 rings (SSSR count). The second-order valence-corrected chi connectivity index (χ2v) is 7.39. The third kappa shape index (κ3) is 4.79. The highest BCUT2D eigenvalue weighted by atomic mass is 35.5. The van der Waals surface area contributed by atoms with E-state index < -0.39 is 0 Å². The van der Waals surface area contributed by atoms with E-state index in [4.69, 9.17) is 16.3 Å². The minimum atomic E-state index is -0.121. The number of ether oxygens (including phenoxy) is 1. The van der Waals surface area contributed by atoms with Crippen molar-refractivity contribution in [3.8, 4) is 5.75 Å². The lowest BCUT2D eigenvalue weighted by Crippen LogP contribution is -2.42. The van der Waals surface area contributed by atoms with Crippen LogP contribution in [0.5, 0.6) is 5.75 Å². The standard InChI is InChI=1S/C19H28ClN3O2/c1-14-6-2-3-11-23(14)12-5-10-21-19(24)22-17-9-13-25-18-15(17)7-4-8-16(18)20/h4,7-8,14,17H,2-3,5-6,9-13H2,1H3,(H2,21,22,24). The van der Waals surface area contributed by atoms with Crippen molar-refractivity contribution in [1.82, 2.24) is 15.5 Å². The van der Waals surface area contributed by atoms with Gasteiger partial charge in [-0.2, -0.15) is 0 Å². The van der Waals surface area contributed by atoms with E-state index in [1.54, 1.807) is 0 Å². The van der Waals surface area contributed by atoms with Gasteiger partial charge in [0.2, 0.25) is 0 Å². The Morgan fingerprint density at radius 3 is 3.08 bits per heavy atom. The summed E-state index contributed by atoms with van der Waals surface area (Å²) in [5.41, 5.74) is 0.955. The molecule has 2 N–H and O–H groups in total. The van der Waals surface area contributed by atoms with Crippen molar-refractivity contribution >= 4 is 17.6 Å². The van der Waals surface area contributed by atoms with Gasteiger partial charge in [0, 0.05) is 31.1 Å². The van der Waals surface area contributed by atoms with Crippen LogP contribution >= 0.6 is 11.6 Å². The maximum absolute atomic E-state index is 12.2. The zero-order valence-corrected chi connectivity index (χ0v) is 15.6. The van der Waals surface area contributed by atoms with Crippen molar-refractivity contribution in [2.24, 2.45) is 0 Å². The fourth-order valence-electron chi connectivity index (χ4n) is 3.72. The van der Waals surface area contributed by atoms with Crippen molar-refractivity contribution < 1.29 is 9.53 Å². The molecule has 6 heteroatoms. The molecular weight excluding hydrogens is 338 g/mol. The summed E-state index contributed by atoms with van der Waals surface area (Å²) in [7, 11) is 0. The summed E-state index contributed by atoms with van der Waals surface area (Å²) < 4.78 is 5.63. The fourth-order valence-corrected chi connectivity index (χ4v) is 3.96. The third-order valence-electron chi connectivity index (χ3n) is 5.18. The van der Waals surface area contributed by atoms with Crippen LogP contribution in [0.1, 0.15) is 50.6 Å². The SMILES string of the molecule is CC1CCCCN1CCCNC(=O)NC1CCOc2c(Cl)cccc21. The average molecular weight is 366 g/mol. The number of para-hydroxylation sites is 1. The summed E-state index contributed by atoms with van der Waals surface area (Å²) in [6.45, 7) is 5.80. The molecule has 0 radical (unpaired) electrons. The molecule has 2 aliphatic heterocycles. The molecule has 0 saturated carbocycles. The number of rotatable bonds is 5. The van der Waals surface area contributed by atoms with Crippen LogP contribution in [-0.4, -0.2) is 43.2 Å². The molecule has 0 spiro atoms. The number of likely N-dealkylation sites (tertiary alicyclic amines) is 1. The molecule has 25 heavy (non-hydrogen) atoms. The Balaban J connectivity index is 1.42. The van der Waals surface area contributed by atoms with Gasteiger partial charge in [-0.1, -0.05) is 30.2 Å². The number of nitrogens with one attached hydrogen (secondary N) is 2. The number of nitrogens with zero attached hydrogens (tertiary/aromatic N) is 1. The largest absolute Gasteiger partial charge is 0.492 e. The quantitative estimate of drug-likeness (QED) is 0.782. The first-order valence-electron chi connectivity index (χ1n) is 9.35. The number of benzene rings is 1. The summed E-state index contributed by atoms with van der Waals surface area (Å²) in [6.07, 6.45) is 5.67. The number of hydrogen-bond acceptors (Lipinski definition) is 3. The number of fused-ring (bicyclic) bond motifs is 1. The molecule has 1 aromatic carbocycles. The number of carbonyl (C=O) groups excluding carboxylic acids is 1. The topological polar surface area (TPSA) is 53.6 Å². The van der Waals surface area contributed by atoms with Crippen LogP contribution in [0.4, 0.5) is 4.79 Å². The zero-order valence-electron chi connectivity index (χ0n) is 14.9. The minimum Gasteiger partial charge on any atom is -0.492 e. The lowest BCUT2D eigenvalue weighted by molar-refractivity contribution is 0.159. The van der Waals surface area contributed by atoms with Crippen LogP contribution in [0.3, 0.4) is 0 Å². The Morgan fingerprint density at radius 2 is 2.24 bits per heavy atom. The minimum absolute atomic E-state index is 0.0513. The van der Waals surface area contributed by atoms with Gasteiger partial charge < -0.3 is 20.3 Å². The predicted molar refractivity (Wildman–Crippen MR) is 100 cm³/mol. The highest BCUT2D eigenvalue weighted by molar-refractivity contribution is 6.32. The van der Waals surface area contributed by atoms with Crippen molar-refractivity contribution in [3.63, 3.8) is 0 Å². The van der Waals surface area contributed by atoms with Gasteiger partial charge in [0.1, 0.15) is 5.75 Å². The summed E-state index contributed by atoms with van der Waals surface area (Å²) in [4.78, 5) is 14.7. The number of piperidine rings is 1. The van der Waals surface area contributed by atoms with Gasteiger partial charge in [-0.3, -0.25) is 0 Å². The average Bonchev–Trinajstić information content (AvgIpc) is 2.61. The molecule has 1 aromatic rings. The molecule has 1 fully saturated rings.